The number of amides is 1. The molecule has 1 heterocycles. The largest absolute Gasteiger partial charge is 0.334 e. The van der Waals surface area contributed by atoms with E-state index in [1.807, 2.05) is 24.3 Å². The molecule has 5 nitrogen and oxygen atoms in total. The number of halogens is 1. The van der Waals surface area contributed by atoms with E-state index in [4.69, 9.17) is 0 Å². The van der Waals surface area contributed by atoms with Crippen molar-refractivity contribution in [3.63, 3.8) is 0 Å². The number of benzene rings is 2. The predicted molar refractivity (Wildman–Crippen MR) is 97.2 cm³/mol. The van der Waals surface area contributed by atoms with Crippen molar-refractivity contribution in [1.82, 2.24) is 14.0 Å². The van der Waals surface area contributed by atoms with Gasteiger partial charge in [0.05, 0.1) is 11.0 Å². The number of rotatable bonds is 5. The molecule has 1 fully saturated rings. The molecule has 6 heteroatoms. The van der Waals surface area contributed by atoms with Crippen LogP contribution in [-0.2, 0) is 24.9 Å². The van der Waals surface area contributed by atoms with Crippen molar-refractivity contribution in [2.24, 2.45) is 7.05 Å². The molecule has 1 aliphatic carbocycles. The summed E-state index contributed by atoms with van der Waals surface area (Å²) < 4.78 is 16.2. The Morgan fingerprint density at radius 2 is 1.77 bits per heavy atom. The maximum atomic E-state index is 13.1. The summed E-state index contributed by atoms with van der Waals surface area (Å²) in [4.78, 5) is 27.3. The number of imidazole rings is 1. The lowest BCUT2D eigenvalue weighted by molar-refractivity contribution is -0.133. The first-order chi connectivity index (χ1) is 12.5. The molecule has 1 aromatic heterocycles. The summed E-state index contributed by atoms with van der Waals surface area (Å²) in [7, 11) is 1.71. The van der Waals surface area contributed by atoms with Crippen LogP contribution < -0.4 is 5.69 Å². The van der Waals surface area contributed by atoms with E-state index in [0.717, 1.165) is 29.4 Å². The summed E-state index contributed by atoms with van der Waals surface area (Å²) in [6, 6.07) is 13.9. The van der Waals surface area contributed by atoms with E-state index in [9.17, 15) is 14.0 Å². The first kappa shape index (κ1) is 16.6. The van der Waals surface area contributed by atoms with Crippen molar-refractivity contribution < 1.29 is 9.18 Å². The number of para-hydroxylation sites is 2. The maximum absolute atomic E-state index is 13.1. The number of hydrogen-bond acceptors (Lipinski definition) is 2. The van der Waals surface area contributed by atoms with E-state index in [1.54, 1.807) is 28.6 Å². The molecule has 1 saturated carbocycles. The molecule has 0 radical (unpaired) electrons. The molecule has 3 aromatic rings. The number of hydrogen-bond donors (Lipinski definition) is 0. The first-order valence-corrected chi connectivity index (χ1v) is 8.73. The Bertz CT molecular complexity index is 1020. The second kappa shape index (κ2) is 6.44. The zero-order valence-electron chi connectivity index (χ0n) is 14.6. The van der Waals surface area contributed by atoms with Gasteiger partial charge in [-0.3, -0.25) is 13.9 Å². The van der Waals surface area contributed by atoms with Gasteiger partial charge >= 0.3 is 5.69 Å². The van der Waals surface area contributed by atoms with Crippen LogP contribution in [-0.4, -0.2) is 26.0 Å². The Morgan fingerprint density at radius 3 is 2.42 bits per heavy atom. The van der Waals surface area contributed by atoms with Crippen LogP contribution in [0.2, 0.25) is 0 Å². The van der Waals surface area contributed by atoms with Crippen molar-refractivity contribution >= 4 is 16.9 Å². The number of carbonyl (C=O) groups excluding carboxylic acids is 1. The molecule has 134 valence electrons. The highest BCUT2D eigenvalue weighted by Crippen LogP contribution is 2.29. The molecule has 0 unspecified atom stereocenters. The molecular weight excluding hydrogens is 333 g/mol. The molecule has 0 atom stereocenters. The normalized spacial score (nSPS) is 13.9. The summed E-state index contributed by atoms with van der Waals surface area (Å²) in [5.74, 6) is -0.379. The molecule has 2 aromatic carbocycles. The molecule has 1 aliphatic rings. The van der Waals surface area contributed by atoms with Crippen LogP contribution in [0, 0.1) is 5.82 Å². The van der Waals surface area contributed by atoms with Gasteiger partial charge in [-0.05, 0) is 42.7 Å². The number of aryl methyl sites for hydroxylation is 1. The Kier molecular flexibility index (Phi) is 4.11. The van der Waals surface area contributed by atoms with Gasteiger partial charge in [0, 0.05) is 19.6 Å². The van der Waals surface area contributed by atoms with Crippen LogP contribution in [0.15, 0.2) is 53.3 Å². The molecule has 0 spiro atoms. The topological polar surface area (TPSA) is 47.2 Å². The Balaban J connectivity index is 1.61. The SMILES string of the molecule is Cn1c(=O)n(CC(=O)N(Cc2ccc(F)cc2)C2CC2)c2ccccc21. The predicted octanol–water partition coefficient (Wildman–Crippen LogP) is 2.67. The summed E-state index contributed by atoms with van der Waals surface area (Å²) in [6.07, 6.45) is 1.94. The van der Waals surface area contributed by atoms with Gasteiger partial charge in [0.1, 0.15) is 12.4 Å². The monoisotopic (exact) mass is 353 g/mol. The third kappa shape index (κ3) is 3.03. The third-order valence-corrected chi connectivity index (χ3v) is 4.92. The highest BCUT2D eigenvalue weighted by atomic mass is 19.1. The lowest BCUT2D eigenvalue weighted by Gasteiger charge is -2.23. The fraction of sp³-hybridized carbons (Fsp3) is 0.300. The molecule has 0 bridgehead atoms. The maximum Gasteiger partial charge on any atom is 0.329 e. The van der Waals surface area contributed by atoms with E-state index in [2.05, 4.69) is 0 Å². The van der Waals surface area contributed by atoms with Crippen molar-refractivity contribution in [2.75, 3.05) is 0 Å². The van der Waals surface area contributed by atoms with Gasteiger partial charge in [-0.2, -0.15) is 0 Å². The zero-order valence-corrected chi connectivity index (χ0v) is 14.6. The minimum atomic E-state index is -0.291. The molecule has 0 aliphatic heterocycles. The zero-order chi connectivity index (χ0) is 18.3. The summed E-state index contributed by atoms with van der Waals surface area (Å²) in [5, 5.41) is 0. The highest BCUT2D eigenvalue weighted by molar-refractivity contribution is 5.81. The van der Waals surface area contributed by atoms with Gasteiger partial charge in [-0.25, -0.2) is 9.18 Å². The van der Waals surface area contributed by atoms with Crippen LogP contribution in [0.4, 0.5) is 4.39 Å². The first-order valence-electron chi connectivity index (χ1n) is 8.73. The lowest BCUT2D eigenvalue weighted by Crippen LogP contribution is -2.37. The number of fused-ring (bicyclic) bond motifs is 1. The van der Waals surface area contributed by atoms with E-state index in [0.29, 0.717) is 6.54 Å². The lowest BCUT2D eigenvalue weighted by atomic mass is 10.2. The third-order valence-electron chi connectivity index (χ3n) is 4.92. The Morgan fingerprint density at radius 1 is 1.12 bits per heavy atom. The van der Waals surface area contributed by atoms with Crippen LogP contribution >= 0.6 is 0 Å². The molecule has 0 saturated heterocycles. The van der Waals surface area contributed by atoms with Gasteiger partial charge in [0.2, 0.25) is 5.91 Å². The van der Waals surface area contributed by atoms with Gasteiger partial charge in [0.15, 0.2) is 0 Å². The minimum absolute atomic E-state index is 0.0118. The quantitative estimate of drug-likeness (QED) is 0.708. The van der Waals surface area contributed by atoms with Crippen molar-refractivity contribution in [3.8, 4) is 0 Å². The standard InChI is InChI=1S/C20H20FN3O2/c1-22-17-4-2-3-5-18(17)24(20(22)26)13-19(25)23(16-10-11-16)12-14-6-8-15(21)9-7-14/h2-9,16H,10-13H2,1H3. The van der Waals surface area contributed by atoms with E-state index in [1.165, 1.54) is 16.7 Å². The average Bonchev–Trinajstić information content (AvgIpc) is 3.46. The summed E-state index contributed by atoms with van der Waals surface area (Å²) in [5.41, 5.74) is 2.25. The average molecular weight is 353 g/mol. The van der Waals surface area contributed by atoms with Crippen LogP contribution in [0.3, 0.4) is 0 Å². The summed E-state index contributed by atoms with van der Waals surface area (Å²) in [6.45, 7) is 0.446. The molecule has 4 rings (SSSR count). The molecule has 1 amide bonds. The van der Waals surface area contributed by atoms with Crippen molar-refractivity contribution in [3.05, 3.63) is 70.4 Å². The second-order valence-corrected chi connectivity index (χ2v) is 6.80. The van der Waals surface area contributed by atoms with Gasteiger partial charge in [-0.1, -0.05) is 24.3 Å². The van der Waals surface area contributed by atoms with Crippen molar-refractivity contribution in [1.29, 1.82) is 0 Å². The van der Waals surface area contributed by atoms with Gasteiger partial charge in [0.25, 0.3) is 0 Å². The summed E-state index contributed by atoms with van der Waals surface area (Å²) >= 11 is 0. The number of nitrogens with zero attached hydrogens (tertiary/aromatic N) is 3. The molecule has 0 N–H and O–H groups in total. The van der Waals surface area contributed by atoms with Gasteiger partial charge < -0.3 is 4.90 Å². The second-order valence-electron chi connectivity index (χ2n) is 6.80. The minimum Gasteiger partial charge on any atom is -0.334 e. The van der Waals surface area contributed by atoms with E-state index in [-0.39, 0.29) is 30.0 Å². The van der Waals surface area contributed by atoms with Crippen LogP contribution in [0.1, 0.15) is 18.4 Å². The van der Waals surface area contributed by atoms with Crippen LogP contribution in [0.25, 0.3) is 11.0 Å². The van der Waals surface area contributed by atoms with Crippen LogP contribution in [0.5, 0.6) is 0 Å². The molecular formula is C20H20FN3O2. The number of carbonyl (C=O) groups is 1. The number of aromatic nitrogens is 2. The van der Waals surface area contributed by atoms with E-state index >= 15 is 0 Å². The fourth-order valence-electron chi connectivity index (χ4n) is 3.34. The van der Waals surface area contributed by atoms with Gasteiger partial charge in [-0.15, -0.1) is 0 Å². The Labute approximate surface area is 150 Å². The smallest absolute Gasteiger partial charge is 0.329 e. The Hall–Kier alpha value is -2.89. The highest BCUT2D eigenvalue weighted by Gasteiger charge is 2.33. The molecule has 26 heavy (non-hydrogen) atoms. The van der Waals surface area contributed by atoms with E-state index < -0.39 is 0 Å². The fourth-order valence-corrected chi connectivity index (χ4v) is 3.34. The van der Waals surface area contributed by atoms with Crippen molar-refractivity contribution in [2.45, 2.75) is 32.0 Å².